The second kappa shape index (κ2) is 3.23. The molecule has 0 radical (unpaired) electrons. The van der Waals surface area contributed by atoms with E-state index in [9.17, 15) is 4.57 Å². The minimum Gasteiger partial charge on any atom is -0.328 e. The maximum atomic E-state index is 10.8. The molecule has 0 spiro atoms. The van der Waals surface area contributed by atoms with E-state index in [1.54, 1.807) is 6.92 Å². The molecule has 0 aliphatic heterocycles. The molecule has 4 heteroatoms. The Morgan fingerprint density at radius 1 is 1.75 bits per heavy atom. The van der Waals surface area contributed by atoms with Gasteiger partial charge in [-0.3, -0.25) is 4.57 Å². The quantitative estimate of drug-likeness (QED) is 0.586. The minimum atomic E-state index is -2.40. The number of nitrogens with two attached hydrogens (primary N) is 1. The third-order valence-electron chi connectivity index (χ3n) is 0.734. The van der Waals surface area contributed by atoms with Gasteiger partial charge in [0.05, 0.1) is 12.9 Å². The largest absolute Gasteiger partial charge is 0.328 e. The molecule has 0 aromatic heterocycles. The first-order valence-corrected chi connectivity index (χ1v) is 4.79. The summed E-state index contributed by atoms with van der Waals surface area (Å²) in [5, 5.41) is 0. The Hall–Kier alpha value is 0.150. The van der Waals surface area contributed by atoms with E-state index >= 15 is 0 Å². The van der Waals surface area contributed by atoms with Crippen LogP contribution in [0.5, 0.6) is 0 Å². The van der Waals surface area contributed by atoms with Gasteiger partial charge in [-0.05, 0) is 6.92 Å². The molecule has 0 aromatic carbocycles. The zero-order chi connectivity index (χ0) is 6.62. The lowest BCUT2D eigenvalue weighted by molar-refractivity contribution is 0.337. The SMILES string of the molecule is CCOP(C)(=O)CN. The fourth-order valence-corrected chi connectivity index (χ4v) is 0.977. The predicted octanol–water partition coefficient (Wildman–Crippen LogP) is 0.847. The fourth-order valence-electron chi connectivity index (χ4n) is 0.326. The van der Waals surface area contributed by atoms with E-state index in [4.69, 9.17) is 10.3 Å². The van der Waals surface area contributed by atoms with Gasteiger partial charge >= 0.3 is 0 Å². The van der Waals surface area contributed by atoms with Gasteiger partial charge in [-0.2, -0.15) is 0 Å². The highest BCUT2D eigenvalue weighted by molar-refractivity contribution is 7.58. The molecule has 0 saturated carbocycles. The van der Waals surface area contributed by atoms with Crippen LogP contribution in [-0.2, 0) is 9.09 Å². The number of hydrogen-bond acceptors (Lipinski definition) is 3. The fraction of sp³-hybridized carbons (Fsp3) is 1.00. The van der Waals surface area contributed by atoms with Gasteiger partial charge in [-0.1, -0.05) is 0 Å². The predicted molar refractivity (Wildman–Crippen MR) is 34.2 cm³/mol. The summed E-state index contributed by atoms with van der Waals surface area (Å²) in [6.07, 6.45) is 0.140. The molecule has 0 amide bonds. The Balaban J connectivity index is 3.55. The van der Waals surface area contributed by atoms with Gasteiger partial charge < -0.3 is 10.3 Å². The maximum Gasteiger partial charge on any atom is 0.213 e. The Morgan fingerprint density at radius 3 is 2.38 bits per heavy atom. The van der Waals surface area contributed by atoms with Gasteiger partial charge in [0, 0.05) is 6.66 Å². The van der Waals surface area contributed by atoms with Crippen LogP contribution in [0.25, 0.3) is 0 Å². The molecule has 1 atom stereocenters. The van der Waals surface area contributed by atoms with Crippen molar-refractivity contribution in [2.45, 2.75) is 6.92 Å². The van der Waals surface area contributed by atoms with Crippen molar-refractivity contribution in [3.63, 3.8) is 0 Å². The molecule has 0 heterocycles. The smallest absolute Gasteiger partial charge is 0.213 e. The van der Waals surface area contributed by atoms with Crippen molar-refractivity contribution in [2.75, 3.05) is 19.6 Å². The van der Waals surface area contributed by atoms with Crippen molar-refractivity contribution in [1.82, 2.24) is 0 Å². The van der Waals surface area contributed by atoms with E-state index in [1.807, 2.05) is 0 Å². The summed E-state index contributed by atoms with van der Waals surface area (Å²) < 4.78 is 15.6. The first-order chi connectivity index (χ1) is 3.62. The van der Waals surface area contributed by atoms with Crippen molar-refractivity contribution in [3.05, 3.63) is 0 Å². The summed E-state index contributed by atoms with van der Waals surface area (Å²) in [7, 11) is -2.40. The van der Waals surface area contributed by atoms with Gasteiger partial charge in [0.25, 0.3) is 0 Å². The summed E-state index contributed by atoms with van der Waals surface area (Å²) in [5.74, 6) is 0. The highest BCUT2D eigenvalue weighted by Crippen LogP contribution is 2.39. The topological polar surface area (TPSA) is 52.3 Å². The van der Waals surface area contributed by atoms with Crippen LogP contribution in [0.15, 0.2) is 0 Å². The van der Waals surface area contributed by atoms with Crippen molar-refractivity contribution in [3.8, 4) is 0 Å². The van der Waals surface area contributed by atoms with Crippen molar-refractivity contribution in [1.29, 1.82) is 0 Å². The zero-order valence-electron chi connectivity index (χ0n) is 5.26. The van der Waals surface area contributed by atoms with Crippen LogP contribution in [0.3, 0.4) is 0 Å². The third kappa shape index (κ3) is 3.19. The highest BCUT2D eigenvalue weighted by Gasteiger charge is 2.09. The number of hydrogen-bond donors (Lipinski definition) is 1. The summed E-state index contributed by atoms with van der Waals surface area (Å²) in [4.78, 5) is 0. The van der Waals surface area contributed by atoms with Crippen LogP contribution in [0.1, 0.15) is 6.92 Å². The van der Waals surface area contributed by atoms with Gasteiger partial charge in [0.2, 0.25) is 7.37 Å². The lowest BCUT2D eigenvalue weighted by atomic mass is 10.9. The Kier molecular flexibility index (Phi) is 3.29. The third-order valence-corrected chi connectivity index (χ3v) is 2.20. The van der Waals surface area contributed by atoms with Crippen LogP contribution < -0.4 is 5.73 Å². The molecule has 0 fully saturated rings. The Bertz CT molecular complexity index is 104. The van der Waals surface area contributed by atoms with Gasteiger partial charge in [0.15, 0.2) is 0 Å². The van der Waals surface area contributed by atoms with E-state index in [1.165, 1.54) is 6.66 Å². The molecular formula is C4H12NO2P. The summed E-state index contributed by atoms with van der Waals surface area (Å²) in [6.45, 7) is 3.81. The van der Waals surface area contributed by atoms with E-state index in [-0.39, 0.29) is 6.29 Å². The normalized spacial score (nSPS) is 17.9. The average molecular weight is 137 g/mol. The second-order valence-corrected chi connectivity index (χ2v) is 4.27. The van der Waals surface area contributed by atoms with Crippen molar-refractivity contribution >= 4 is 7.37 Å². The maximum absolute atomic E-state index is 10.8. The summed E-state index contributed by atoms with van der Waals surface area (Å²) in [5.41, 5.74) is 5.10. The van der Waals surface area contributed by atoms with E-state index in [0.29, 0.717) is 6.61 Å². The molecular weight excluding hydrogens is 125 g/mol. The monoisotopic (exact) mass is 137 g/mol. The highest BCUT2D eigenvalue weighted by atomic mass is 31.2. The van der Waals surface area contributed by atoms with E-state index in [2.05, 4.69) is 0 Å². The first kappa shape index (κ1) is 8.15. The molecule has 3 nitrogen and oxygen atoms in total. The van der Waals surface area contributed by atoms with Gasteiger partial charge in [-0.25, -0.2) is 0 Å². The molecule has 0 aliphatic rings. The van der Waals surface area contributed by atoms with Crippen molar-refractivity contribution < 1.29 is 9.09 Å². The average Bonchev–Trinajstić information content (AvgIpc) is 1.67. The summed E-state index contributed by atoms with van der Waals surface area (Å²) in [6, 6.07) is 0. The standard InChI is InChI=1S/C4H12NO2P/c1-3-7-8(2,6)4-5/h3-5H2,1-2H3. The van der Waals surface area contributed by atoms with Gasteiger partial charge in [0.1, 0.15) is 0 Å². The van der Waals surface area contributed by atoms with E-state index < -0.39 is 7.37 Å². The lowest BCUT2D eigenvalue weighted by Gasteiger charge is -2.07. The van der Waals surface area contributed by atoms with Gasteiger partial charge in [-0.15, -0.1) is 0 Å². The molecule has 2 N–H and O–H groups in total. The molecule has 1 unspecified atom stereocenters. The molecule has 0 aliphatic carbocycles. The van der Waals surface area contributed by atoms with Crippen molar-refractivity contribution in [2.24, 2.45) is 5.73 Å². The van der Waals surface area contributed by atoms with Crippen LogP contribution in [0.2, 0.25) is 0 Å². The lowest BCUT2D eigenvalue weighted by Crippen LogP contribution is -2.02. The molecule has 8 heavy (non-hydrogen) atoms. The van der Waals surface area contributed by atoms with Crippen LogP contribution in [-0.4, -0.2) is 19.6 Å². The second-order valence-electron chi connectivity index (χ2n) is 1.61. The zero-order valence-corrected chi connectivity index (χ0v) is 6.15. The minimum absolute atomic E-state index is 0.140. The van der Waals surface area contributed by atoms with Crippen LogP contribution in [0, 0.1) is 0 Å². The molecule has 50 valence electrons. The molecule has 0 bridgehead atoms. The first-order valence-electron chi connectivity index (χ1n) is 2.53. The van der Waals surface area contributed by atoms with Crippen LogP contribution >= 0.6 is 7.37 Å². The van der Waals surface area contributed by atoms with E-state index in [0.717, 1.165) is 0 Å². The molecule has 0 saturated heterocycles. The Labute approximate surface area is 49.7 Å². The molecule has 0 aromatic rings. The summed E-state index contributed by atoms with van der Waals surface area (Å²) >= 11 is 0. The molecule has 0 rings (SSSR count). The van der Waals surface area contributed by atoms with Crippen LogP contribution in [0.4, 0.5) is 0 Å². The Morgan fingerprint density at radius 2 is 2.25 bits per heavy atom. The number of rotatable bonds is 3.